The van der Waals surface area contributed by atoms with Gasteiger partial charge in [-0.1, -0.05) is 0 Å². The molecule has 2 aliphatic rings. The third-order valence-corrected chi connectivity index (χ3v) is 3.66. The van der Waals surface area contributed by atoms with Crippen molar-refractivity contribution in [2.75, 3.05) is 18.0 Å². The monoisotopic (exact) mass is 289 g/mol. The summed E-state index contributed by atoms with van der Waals surface area (Å²) in [4.78, 5) is 10.3. The molecule has 86 valence electrons. The fourth-order valence-corrected chi connectivity index (χ4v) is 2.87. The first kappa shape index (κ1) is 10.4. The van der Waals surface area contributed by atoms with Crippen molar-refractivity contribution in [2.45, 2.75) is 18.8 Å². The van der Waals surface area contributed by atoms with Crippen LogP contribution in [0.15, 0.2) is 17.0 Å². The minimum Gasteiger partial charge on any atom is -0.354 e. The van der Waals surface area contributed by atoms with Crippen LogP contribution in [0.25, 0.3) is 0 Å². The maximum atomic E-state index is 12.8. The Balaban J connectivity index is 1.64. The van der Waals surface area contributed by atoms with Crippen molar-refractivity contribution < 1.29 is 8.78 Å². The van der Waals surface area contributed by atoms with E-state index in [0.29, 0.717) is 17.7 Å². The maximum absolute atomic E-state index is 12.8. The lowest BCUT2D eigenvalue weighted by Crippen LogP contribution is -2.66. The van der Waals surface area contributed by atoms with Gasteiger partial charge in [-0.2, -0.15) is 0 Å². The summed E-state index contributed by atoms with van der Waals surface area (Å²) in [6.07, 6.45) is 3.34. The lowest BCUT2D eigenvalue weighted by Gasteiger charge is -2.58. The Kier molecular flexibility index (Phi) is 2.02. The van der Waals surface area contributed by atoms with Gasteiger partial charge in [0.05, 0.1) is 12.4 Å². The summed E-state index contributed by atoms with van der Waals surface area (Å²) in [5.74, 6) is -1.67. The van der Waals surface area contributed by atoms with Gasteiger partial charge in [0.25, 0.3) is 0 Å². The minimum absolute atomic E-state index is 0.0282. The van der Waals surface area contributed by atoms with E-state index in [1.54, 1.807) is 12.4 Å². The van der Waals surface area contributed by atoms with Gasteiger partial charge in [-0.25, -0.2) is 18.7 Å². The molecular weight excluding hydrogens is 280 g/mol. The Bertz CT molecular complexity index is 405. The number of nitrogens with zero attached hydrogens (tertiary/aromatic N) is 3. The van der Waals surface area contributed by atoms with Gasteiger partial charge >= 0.3 is 0 Å². The van der Waals surface area contributed by atoms with Crippen LogP contribution in [0.2, 0.25) is 0 Å². The lowest BCUT2D eigenvalue weighted by molar-refractivity contribution is -0.170. The predicted octanol–water partition coefficient (Wildman–Crippen LogP) is 2.47. The number of alkyl halides is 2. The molecule has 1 saturated heterocycles. The number of halogens is 3. The van der Waals surface area contributed by atoms with Crippen LogP contribution in [0.1, 0.15) is 12.8 Å². The van der Waals surface area contributed by atoms with Crippen LogP contribution in [0.4, 0.5) is 14.6 Å². The fraction of sp³-hybridized carbons (Fsp3) is 0.600. The van der Waals surface area contributed by atoms with Gasteiger partial charge in [0, 0.05) is 31.3 Å². The van der Waals surface area contributed by atoms with Crippen LogP contribution >= 0.6 is 15.9 Å². The smallest absolute Gasteiger partial charge is 0.249 e. The van der Waals surface area contributed by atoms with Gasteiger partial charge in [0.1, 0.15) is 10.4 Å². The Morgan fingerprint density at radius 1 is 1.19 bits per heavy atom. The number of anilines is 1. The molecule has 1 aliphatic heterocycles. The molecule has 0 radical (unpaired) electrons. The average molecular weight is 290 g/mol. The molecule has 16 heavy (non-hydrogen) atoms. The maximum Gasteiger partial charge on any atom is 0.249 e. The Morgan fingerprint density at radius 2 is 1.88 bits per heavy atom. The first-order valence-corrected chi connectivity index (χ1v) is 5.88. The third-order valence-electron chi connectivity index (χ3n) is 3.25. The molecule has 1 spiro atoms. The van der Waals surface area contributed by atoms with Gasteiger partial charge in [0.2, 0.25) is 5.92 Å². The van der Waals surface area contributed by atoms with E-state index in [1.807, 2.05) is 4.90 Å². The van der Waals surface area contributed by atoms with Crippen molar-refractivity contribution in [3.05, 3.63) is 17.0 Å². The van der Waals surface area contributed by atoms with Crippen molar-refractivity contribution in [1.29, 1.82) is 0 Å². The van der Waals surface area contributed by atoms with E-state index in [-0.39, 0.29) is 18.3 Å². The van der Waals surface area contributed by atoms with E-state index >= 15 is 0 Å². The molecular formula is C10H10BrF2N3. The molecule has 3 nitrogen and oxygen atoms in total. The summed E-state index contributed by atoms with van der Waals surface area (Å²) in [6.45, 7) is 1.36. The van der Waals surface area contributed by atoms with E-state index in [4.69, 9.17) is 0 Å². The van der Waals surface area contributed by atoms with Crippen molar-refractivity contribution in [2.24, 2.45) is 5.41 Å². The van der Waals surface area contributed by atoms with Crippen LogP contribution in [-0.4, -0.2) is 29.0 Å². The zero-order valence-corrected chi connectivity index (χ0v) is 10.0. The Hall–Kier alpha value is -0.780. The van der Waals surface area contributed by atoms with Crippen molar-refractivity contribution >= 4 is 21.7 Å². The van der Waals surface area contributed by atoms with Gasteiger partial charge in [0.15, 0.2) is 0 Å². The van der Waals surface area contributed by atoms with Gasteiger partial charge < -0.3 is 4.90 Å². The van der Waals surface area contributed by atoms with Crippen LogP contribution in [0.3, 0.4) is 0 Å². The van der Waals surface area contributed by atoms with E-state index in [9.17, 15) is 8.78 Å². The largest absolute Gasteiger partial charge is 0.354 e. The molecule has 6 heteroatoms. The van der Waals surface area contributed by atoms with Crippen LogP contribution in [0, 0.1) is 5.41 Å². The molecule has 0 bridgehead atoms. The second-order valence-corrected chi connectivity index (χ2v) is 5.58. The molecule has 1 saturated carbocycles. The Labute approximate surface area is 100 Å². The van der Waals surface area contributed by atoms with E-state index in [2.05, 4.69) is 25.9 Å². The predicted molar refractivity (Wildman–Crippen MR) is 58.6 cm³/mol. The molecule has 1 aliphatic carbocycles. The number of aromatic nitrogens is 2. The van der Waals surface area contributed by atoms with E-state index in [0.717, 1.165) is 5.82 Å². The molecule has 1 aromatic rings. The minimum atomic E-state index is -2.43. The summed E-state index contributed by atoms with van der Waals surface area (Å²) in [5, 5.41) is 0. The number of hydrogen-bond donors (Lipinski definition) is 0. The molecule has 0 unspecified atom stereocenters. The Morgan fingerprint density at radius 3 is 2.38 bits per heavy atom. The standard InChI is InChI=1S/C10H10BrF2N3/c11-7-1-15-8(2-14-7)16-5-9(6-16)3-10(12,13)4-9/h1-2H,3-6H2. The molecule has 0 atom stereocenters. The molecule has 0 amide bonds. The van der Waals surface area contributed by atoms with Crippen LogP contribution in [-0.2, 0) is 0 Å². The van der Waals surface area contributed by atoms with Crippen molar-refractivity contribution in [1.82, 2.24) is 9.97 Å². The zero-order chi connectivity index (χ0) is 11.4. The van der Waals surface area contributed by atoms with Crippen LogP contribution < -0.4 is 4.90 Å². The molecule has 3 rings (SSSR count). The average Bonchev–Trinajstić information content (AvgIpc) is 2.11. The normalized spacial score (nSPS) is 25.1. The third kappa shape index (κ3) is 1.59. The van der Waals surface area contributed by atoms with Gasteiger partial charge in [-0.05, 0) is 15.9 Å². The van der Waals surface area contributed by atoms with E-state index < -0.39 is 5.92 Å². The summed E-state index contributed by atoms with van der Waals surface area (Å²) in [7, 11) is 0. The zero-order valence-electron chi connectivity index (χ0n) is 8.46. The number of rotatable bonds is 1. The summed E-state index contributed by atoms with van der Waals surface area (Å²) in [5.41, 5.74) is -0.155. The van der Waals surface area contributed by atoms with Crippen molar-refractivity contribution in [3.8, 4) is 0 Å². The second-order valence-electron chi connectivity index (χ2n) is 4.76. The summed E-state index contributed by atoms with van der Waals surface area (Å²) < 4.78 is 26.3. The highest BCUT2D eigenvalue weighted by Crippen LogP contribution is 2.57. The molecule has 1 aromatic heterocycles. The second kappa shape index (κ2) is 3.12. The molecule has 2 heterocycles. The highest BCUT2D eigenvalue weighted by Gasteiger charge is 2.61. The van der Waals surface area contributed by atoms with Crippen LogP contribution in [0.5, 0.6) is 0 Å². The fourth-order valence-electron chi connectivity index (χ4n) is 2.66. The molecule has 2 fully saturated rings. The highest BCUT2D eigenvalue weighted by atomic mass is 79.9. The first-order valence-electron chi connectivity index (χ1n) is 5.09. The summed E-state index contributed by atoms with van der Waals surface area (Å²) in [6, 6.07) is 0. The quantitative estimate of drug-likeness (QED) is 0.795. The summed E-state index contributed by atoms with van der Waals surface area (Å²) >= 11 is 3.21. The SMILES string of the molecule is FC1(F)CC2(CN(c3cnc(Br)cn3)C2)C1. The topological polar surface area (TPSA) is 29.0 Å². The lowest BCUT2D eigenvalue weighted by atomic mass is 9.61. The molecule has 0 aromatic carbocycles. The molecule has 0 N–H and O–H groups in total. The first-order chi connectivity index (χ1) is 7.48. The number of hydrogen-bond acceptors (Lipinski definition) is 3. The van der Waals surface area contributed by atoms with Gasteiger partial charge in [-0.3, -0.25) is 0 Å². The highest BCUT2D eigenvalue weighted by molar-refractivity contribution is 9.10. The van der Waals surface area contributed by atoms with E-state index in [1.165, 1.54) is 0 Å². The van der Waals surface area contributed by atoms with Crippen molar-refractivity contribution in [3.63, 3.8) is 0 Å². The van der Waals surface area contributed by atoms with Gasteiger partial charge in [-0.15, -0.1) is 0 Å².